The lowest BCUT2D eigenvalue weighted by molar-refractivity contribution is -0.137. The first-order chi connectivity index (χ1) is 15.3. The van der Waals surface area contributed by atoms with Gasteiger partial charge in [0.2, 0.25) is 5.91 Å². The highest BCUT2D eigenvalue weighted by molar-refractivity contribution is 7.92. The fourth-order valence-electron chi connectivity index (χ4n) is 6.33. The van der Waals surface area contributed by atoms with Gasteiger partial charge in [-0.25, -0.2) is 8.42 Å². The van der Waals surface area contributed by atoms with Gasteiger partial charge in [-0.3, -0.25) is 4.79 Å². The Hall–Kier alpha value is -1.85. The van der Waals surface area contributed by atoms with E-state index >= 15 is 0 Å². The molecule has 4 nitrogen and oxygen atoms in total. The normalized spacial score (nSPS) is 25.9. The Balaban J connectivity index is 1.64. The van der Waals surface area contributed by atoms with Gasteiger partial charge in [-0.15, -0.1) is 0 Å². The Kier molecular flexibility index (Phi) is 5.61. The summed E-state index contributed by atoms with van der Waals surface area (Å²) in [5, 5.41) is 0.512. The van der Waals surface area contributed by atoms with Crippen LogP contribution < -0.4 is 0 Å². The molecule has 2 aromatic rings. The number of hydrogen-bond acceptors (Lipinski definition) is 3. The van der Waals surface area contributed by atoms with E-state index in [1.807, 2.05) is 24.0 Å². The van der Waals surface area contributed by atoms with Crippen LogP contribution in [0.4, 0.5) is 0 Å². The molecule has 0 spiro atoms. The van der Waals surface area contributed by atoms with Crippen molar-refractivity contribution >= 4 is 27.3 Å². The molecule has 2 aliphatic carbocycles. The molecule has 2 unspecified atom stereocenters. The molecular formula is C26H30ClNO3S. The molecule has 3 aliphatic rings. The molecule has 0 radical (unpaired) electrons. The van der Waals surface area contributed by atoms with Gasteiger partial charge in [0.15, 0.2) is 9.84 Å². The summed E-state index contributed by atoms with van der Waals surface area (Å²) < 4.78 is 27.5. The number of carbonyl (C=O) groups is 1. The molecule has 5 rings (SSSR count). The van der Waals surface area contributed by atoms with Crippen LogP contribution >= 0.6 is 11.6 Å². The molecule has 2 fully saturated rings. The van der Waals surface area contributed by atoms with Crippen LogP contribution in [-0.4, -0.2) is 31.8 Å². The molecule has 2 atom stereocenters. The summed E-state index contributed by atoms with van der Waals surface area (Å²) in [5.41, 5.74) is 3.12. The summed E-state index contributed by atoms with van der Waals surface area (Å²) in [4.78, 5) is 15.8. The standard InChI is InChI=1S/C26H30ClNO3S/c1-18-7-13-23-20(17-18)8-14-24-26(23,32(30,31)22-11-9-21(27)10-12-22)15-16-28(24)25(29)19-5-3-2-4-6-19/h7,9-13,17,19,24H,2-6,8,14-16H2,1H3. The maximum absolute atomic E-state index is 14.3. The Labute approximate surface area is 195 Å². The summed E-state index contributed by atoms with van der Waals surface area (Å²) in [6, 6.07) is 12.3. The van der Waals surface area contributed by atoms with E-state index < -0.39 is 14.6 Å². The number of hydrogen-bond donors (Lipinski definition) is 0. The number of aryl methyl sites for hydroxylation is 2. The van der Waals surface area contributed by atoms with Crippen LogP contribution in [0.3, 0.4) is 0 Å². The number of likely N-dealkylation sites (tertiary alicyclic amines) is 1. The van der Waals surface area contributed by atoms with Crippen LogP contribution in [0.1, 0.15) is 61.6 Å². The average molecular weight is 472 g/mol. The van der Waals surface area contributed by atoms with E-state index in [9.17, 15) is 13.2 Å². The Bertz CT molecular complexity index is 1140. The second kappa shape index (κ2) is 8.18. The number of halogens is 1. The number of nitrogens with zero attached hydrogens (tertiary/aromatic N) is 1. The van der Waals surface area contributed by atoms with Crippen LogP contribution in [-0.2, 0) is 25.8 Å². The van der Waals surface area contributed by atoms with Crippen molar-refractivity contribution in [3.05, 3.63) is 64.2 Å². The van der Waals surface area contributed by atoms with Gasteiger partial charge in [-0.05, 0) is 74.4 Å². The molecular weight excluding hydrogens is 442 g/mol. The van der Waals surface area contributed by atoms with Gasteiger partial charge in [0.25, 0.3) is 0 Å². The van der Waals surface area contributed by atoms with Gasteiger partial charge in [0.1, 0.15) is 4.75 Å². The van der Waals surface area contributed by atoms with Crippen molar-refractivity contribution in [2.75, 3.05) is 6.54 Å². The van der Waals surface area contributed by atoms with Crippen molar-refractivity contribution in [2.45, 2.75) is 74.0 Å². The predicted octanol–water partition coefficient (Wildman–Crippen LogP) is 5.45. The van der Waals surface area contributed by atoms with Crippen LogP contribution in [0.15, 0.2) is 47.4 Å². The van der Waals surface area contributed by atoms with Crippen LogP contribution in [0.25, 0.3) is 0 Å². The summed E-state index contributed by atoms with van der Waals surface area (Å²) in [6.45, 7) is 2.54. The lowest BCUT2D eigenvalue weighted by atomic mass is 9.78. The number of fused-ring (bicyclic) bond motifs is 3. The van der Waals surface area contributed by atoms with Gasteiger partial charge < -0.3 is 4.90 Å². The molecule has 6 heteroatoms. The number of sulfone groups is 1. The third kappa shape index (κ3) is 3.31. The lowest BCUT2D eigenvalue weighted by Gasteiger charge is -2.43. The number of amides is 1. The minimum atomic E-state index is -3.75. The zero-order valence-electron chi connectivity index (χ0n) is 18.5. The summed E-state index contributed by atoms with van der Waals surface area (Å²) in [5.74, 6) is 0.204. The molecule has 1 amide bonds. The Morgan fingerprint density at radius 2 is 1.75 bits per heavy atom. The minimum Gasteiger partial charge on any atom is -0.337 e. The van der Waals surface area contributed by atoms with E-state index in [0.717, 1.165) is 48.8 Å². The molecule has 32 heavy (non-hydrogen) atoms. The van der Waals surface area contributed by atoms with E-state index in [1.165, 1.54) is 6.42 Å². The van der Waals surface area contributed by atoms with Crippen molar-refractivity contribution < 1.29 is 13.2 Å². The third-order valence-electron chi connectivity index (χ3n) is 7.88. The minimum absolute atomic E-state index is 0.0391. The summed E-state index contributed by atoms with van der Waals surface area (Å²) >= 11 is 6.06. The second-order valence-corrected chi connectivity index (χ2v) is 12.3. The topological polar surface area (TPSA) is 54.5 Å². The van der Waals surface area contributed by atoms with Crippen LogP contribution in [0.5, 0.6) is 0 Å². The smallest absolute Gasteiger partial charge is 0.225 e. The summed E-state index contributed by atoms with van der Waals surface area (Å²) in [6.07, 6.45) is 7.14. The largest absolute Gasteiger partial charge is 0.337 e. The Morgan fingerprint density at radius 1 is 1.03 bits per heavy atom. The van der Waals surface area contributed by atoms with Crippen LogP contribution in [0, 0.1) is 12.8 Å². The molecule has 1 saturated carbocycles. The second-order valence-electron chi connectivity index (χ2n) is 9.68. The first kappa shape index (κ1) is 22.0. The Morgan fingerprint density at radius 3 is 2.47 bits per heavy atom. The molecule has 2 aromatic carbocycles. The van der Waals surface area contributed by atoms with Crippen molar-refractivity contribution in [3.8, 4) is 0 Å². The van der Waals surface area contributed by atoms with E-state index in [2.05, 4.69) is 6.07 Å². The highest BCUT2D eigenvalue weighted by atomic mass is 35.5. The summed E-state index contributed by atoms with van der Waals surface area (Å²) in [7, 11) is -3.75. The quantitative estimate of drug-likeness (QED) is 0.598. The molecule has 1 aliphatic heterocycles. The average Bonchev–Trinajstić information content (AvgIpc) is 3.21. The maximum Gasteiger partial charge on any atom is 0.225 e. The molecule has 1 heterocycles. The lowest BCUT2D eigenvalue weighted by Crippen LogP contribution is -2.53. The number of benzene rings is 2. The maximum atomic E-state index is 14.3. The van der Waals surface area contributed by atoms with E-state index in [1.54, 1.807) is 24.3 Å². The highest BCUT2D eigenvalue weighted by Gasteiger charge is 2.61. The van der Waals surface area contributed by atoms with Gasteiger partial charge in [-0.1, -0.05) is 54.6 Å². The van der Waals surface area contributed by atoms with E-state index in [4.69, 9.17) is 11.6 Å². The zero-order valence-corrected chi connectivity index (χ0v) is 20.1. The number of carbonyl (C=O) groups excluding carboxylic acids is 1. The van der Waals surface area contributed by atoms with E-state index in [-0.39, 0.29) is 22.8 Å². The first-order valence-corrected chi connectivity index (χ1v) is 13.6. The molecule has 170 valence electrons. The third-order valence-corrected chi connectivity index (χ3v) is 10.7. The van der Waals surface area contributed by atoms with Crippen LogP contribution in [0.2, 0.25) is 5.02 Å². The van der Waals surface area contributed by atoms with Gasteiger partial charge >= 0.3 is 0 Å². The fraction of sp³-hybridized carbons (Fsp3) is 0.500. The zero-order chi connectivity index (χ0) is 22.5. The molecule has 0 aromatic heterocycles. The highest BCUT2D eigenvalue weighted by Crippen LogP contribution is 2.53. The van der Waals surface area contributed by atoms with Crippen molar-refractivity contribution in [2.24, 2.45) is 5.92 Å². The van der Waals surface area contributed by atoms with Crippen molar-refractivity contribution in [1.82, 2.24) is 4.90 Å². The van der Waals surface area contributed by atoms with Gasteiger partial charge in [0.05, 0.1) is 10.9 Å². The first-order valence-electron chi connectivity index (χ1n) is 11.8. The van der Waals surface area contributed by atoms with Crippen molar-refractivity contribution in [1.29, 1.82) is 0 Å². The molecule has 0 N–H and O–H groups in total. The monoisotopic (exact) mass is 471 g/mol. The van der Waals surface area contributed by atoms with Gasteiger partial charge in [-0.2, -0.15) is 0 Å². The van der Waals surface area contributed by atoms with Gasteiger partial charge in [0, 0.05) is 17.5 Å². The van der Waals surface area contributed by atoms with E-state index in [0.29, 0.717) is 24.4 Å². The fourth-order valence-corrected chi connectivity index (χ4v) is 8.82. The predicted molar refractivity (Wildman–Crippen MR) is 127 cm³/mol. The SMILES string of the molecule is Cc1ccc2c(c1)CCC1N(C(=O)C3CCCCC3)CCC21S(=O)(=O)c1ccc(Cl)cc1. The molecule has 1 saturated heterocycles. The number of rotatable bonds is 3. The van der Waals surface area contributed by atoms with Crippen molar-refractivity contribution in [3.63, 3.8) is 0 Å². The molecule has 0 bridgehead atoms.